The lowest BCUT2D eigenvalue weighted by molar-refractivity contribution is 0.174. The van der Waals surface area contributed by atoms with Crippen molar-refractivity contribution in [2.45, 2.75) is 43.0 Å². The van der Waals surface area contributed by atoms with Crippen molar-refractivity contribution in [3.8, 4) is 17.2 Å². The number of fused-ring (bicyclic) bond motifs is 2. The number of sulfonamides is 1. The van der Waals surface area contributed by atoms with Crippen LogP contribution in [0.4, 0.5) is 5.69 Å². The molecule has 2 aromatic carbocycles. The second kappa shape index (κ2) is 7.67. The number of rotatable bonds is 5. The number of methoxy groups -OCH3 is 1. The van der Waals surface area contributed by atoms with Gasteiger partial charge in [0, 0.05) is 17.7 Å². The van der Waals surface area contributed by atoms with Gasteiger partial charge in [-0.2, -0.15) is 0 Å². The maximum absolute atomic E-state index is 13.3. The first-order valence-electron chi connectivity index (χ1n) is 10.4. The van der Waals surface area contributed by atoms with Gasteiger partial charge in [0.15, 0.2) is 11.5 Å². The van der Waals surface area contributed by atoms with Gasteiger partial charge in [-0.1, -0.05) is 0 Å². The molecule has 2 aromatic rings. The summed E-state index contributed by atoms with van der Waals surface area (Å²) in [4.78, 5) is 2.87. The Morgan fingerprint density at radius 1 is 1.07 bits per heavy atom. The summed E-state index contributed by atoms with van der Waals surface area (Å²) in [5.74, 6) is 1.93. The van der Waals surface area contributed by atoms with Crippen LogP contribution in [-0.4, -0.2) is 46.4 Å². The van der Waals surface area contributed by atoms with Crippen LogP contribution in [0.25, 0.3) is 0 Å². The van der Waals surface area contributed by atoms with Crippen LogP contribution in [0.15, 0.2) is 35.2 Å². The van der Waals surface area contributed by atoms with Crippen LogP contribution in [0.1, 0.15) is 30.4 Å². The normalized spacial score (nSPS) is 20.8. The molecule has 5 rings (SSSR count). The minimum atomic E-state index is -3.75. The highest BCUT2D eigenvalue weighted by molar-refractivity contribution is 7.92. The van der Waals surface area contributed by atoms with Crippen LogP contribution in [0.2, 0.25) is 0 Å². The van der Waals surface area contributed by atoms with Gasteiger partial charge in [0.1, 0.15) is 5.75 Å². The van der Waals surface area contributed by atoms with Gasteiger partial charge in [-0.3, -0.25) is 4.72 Å². The Morgan fingerprint density at radius 3 is 2.67 bits per heavy atom. The topological polar surface area (TPSA) is 77.1 Å². The van der Waals surface area contributed by atoms with Crippen LogP contribution in [-0.2, 0) is 22.9 Å². The van der Waals surface area contributed by atoms with E-state index in [1.54, 1.807) is 37.4 Å². The maximum atomic E-state index is 13.3. The Balaban J connectivity index is 1.46. The largest absolute Gasteiger partial charge is 0.496 e. The smallest absolute Gasteiger partial charge is 0.262 e. The molecule has 0 amide bonds. The predicted molar refractivity (Wildman–Crippen MR) is 113 cm³/mol. The van der Waals surface area contributed by atoms with E-state index in [1.165, 1.54) is 12.8 Å². The lowest BCUT2D eigenvalue weighted by Crippen LogP contribution is -2.37. The molecule has 0 spiro atoms. The third-order valence-corrected chi connectivity index (χ3v) is 7.77. The molecule has 0 saturated carbocycles. The molecule has 2 aliphatic heterocycles. The number of hydrogen-bond donors (Lipinski definition) is 1. The number of nitrogens with one attached hydrogen (secondary N) is 1. The van der Waals surface area contributed by atoms with E-state index in [-0.39, 0.29) is 6.79 Å². The van der Waals surface area contributed by atoms with E-state index in [0.29, 0.717) is 28.1 Å². The molecular formula is C22H26N2O5S. The molecule has 1 atom stereocenters. The molecule has 0 bridgehead atoms. The van der Waals surface area contributed by atoms with Crippen molar-refractivity contribution >= 4 is 15.7 Å². The zero-order valence-electron chi connectivity index (χ0n) is 17.0. The standard InChI is InChI=1S/C22H26N2O5S/c1-27-19-8-9-22(17-6-5-16(13-18(17)19)24-10-2-3-11-24)30(25,26)23-15-4-7-20-21(12-15)29-14-28-20/h4,7-9,12,16,23H,2-3,5-6,10-11,13-14H2,1H3/t16-/m0/s1. The molecule has 7 nitrogen and oxygen atoms in total. The molecule has 2 heterocycles. The van der Waals surface area contributed by atoms with Gasteiger partial charge in [-0.05, 0) is 75.0 Å². The molecule has 8 heteroatoms. The summed E-state index contributed by atoms with van der Waals surface area (Å²) < 4.78 is 45.5. The second-order valence-electron chi connectivity index (χ2n) is 8.04. The van der Waals surface area contributed by atoms with E-state index in [4.69, 9.17) is 14.2 Å². The number of hydrogen-bond acceptors (Lipinski definition) is 6. The van der Waals surface area contributed by atoms with E-state index in [1.807, 2.05) is 0 Å². The fourth-order valence-corrected chi connectivity index (χ4v) is 6.17. The van der Waals surface area contributed by atoms with Gasteiger partial charge in [0.2, 0.25) is 6.79 Å². The fourth-order valence-electron chi connectivity index (χ4n) is 4.83. The van der Waals surface area contributed by atoms with Crippen molar-refractivity contribution in [2.75, 3.05) is 31.7 Å². The lowest BCUT2D eigenvalue weighted by atomic mass is 9.87. The van der Waals surface area contributed by atoms with Crippen molar-refractivity contribution in [1.29, 1.82) is 0 Å². The Labute approximate surface area is 177 Å². The second-order valence-corrected chi connectivity index (χ2v) is 9.69. The molecule has 1 aliphatic carbocycles. The quantitative estimate of drug-likeness (QED) is 0.785. The number of ether oxygens (including phenoxy) is 3. The highest BCUT2D eigenvalue weighted by Gasteiger charge is 2.32. The summed E-state index contributed by atoms with van der Waals surface area (Å²) in [6.07, 6.45) is 5.01. The summed E-state index contributed by atoms with van der Waals surface area (Å²) in [6, 6.07) is 8.94. The summed E-state index contributed by atoms with van der Waals surface area (Å²) in [6.45, 7) is 2.41. The van der Waals surface area contributed by atoms with Crippen LogP contribution in [0.3, 0.4) is 0 Å². The Kier molecular flexibility index (Phi) is 4.99. The molecule has 3 aliphatic rings. The minimum absolute atomic E-state index is 0.149. The van der Waals surface area contributed by atoms with Crippen molar-refractivity contribution in [3.63, 3.8) is 0 Å². The highest BCUT2D eigenvalue weighted by atomic mass is 32.2. The zero-order valence-corrected chi connectivity index (χ0v) is 17.8. The number of anilines is 1. The summed E-state index contributed by atoms with van der Waals surface area (Å²) in [7, 11) is -2.10. The monoisotopic (exact) mass is 430 g/mol. The molecule has 0 radical (unpaired) electrons. The van der Waals surface area contributed by atoms with Gasteiger partial charge >= 0.3 is 0 Å². The number of benzene rings is 2. The van der Waals surface area contributed by atoms with E-state index in [2.05, 4.69) is 9.62 Å². The predicted octanol–water partition coefficient (Wildman–Crippen LogP) is 3.18. The molecule has 30 heavy (non-hydrogen) atoms. The number of nitrogens with zero attached hydrogens (tertiary/aromatic N) is 1. The molecule has 1 N–H and O–H groups in total. The zero-order chi connectivity index (χ0) is 20.7. The van der Waals surface area contributed by atoms with Crippen molar-refractivity contribution < 1.29 is 22.6 Å². The van der Waals surface area contributed by atoms with E-state index >= 15 is 0 Å². The Bertz CT molecular complexity index is 1060. The SMILES string of the molecule is COc1ccc(S(=O)(=O)Nc2ccc3c(c2)OCO3)c2c1C[C@@H](N1CCCC1)CC2. The first-order chi connectivity index (χ1) is 14.5. The molecule has 1 saturated heterocycles. The Hall–Kier alpha value is -2.45. The van der Waals surface area contributed by atoms with E-state index in [0.717, 1.165) is 49.2 Å². The van der Waals surface area contributed by atoms with Crippen LogP contribution in [0.5, 0.6) is 17.2 Å². The lowest BCUT2D eigenvalue weighted by Gasteiger charge is -2.33. The summed E-state index contributed by atoms with van der Waals surface area (Å²) in [5.41, 5.74) is 2.35. The third kappa shape index (κ3) is 3.48. The first kappa shape index (κ1) is 19.5. The van der Waals surface area contributed by atoms with Crippen LogP contribution in [0, 0.1) is 0 Å². The van der Waals surface area contributed by atoms with Crippen molar-refractivity contribution in [1.82, 2.24) is 4.90 Å². The highest BCUT2D eigenvalue weighted by Crippen LogP contribution is 2.38. The average molecular weight is 431 g/mol. The fraction of sp³-hybridized carbons (Fsp3) is 0.455. The Morgan fingerprint density at radius 2 is 1.87 bits per heavy atom. The minimum Gasteiger partial charge on any atom is -0.496 e. The average Bonchev–Trinajstić information content (AvgIpc) is 3.44. The summed E-state index contributed by atoms with van der Waals surface area (Å²) in [5, 5.41) is 0. The van der Waals surface area contributed by atoms with Gasteiger partial charge in [0.25, 0.3) is 10.0 Å². The number of likely N-dealkylation sites (tertiary alicyclic amines) is 1. The van der Waals surface area contributed by atoms with Gasteiger partial charge in [-0.25, -0.2) is 8.42 Å². The molecule has 0 aromatic heterocycles. The third-order valence-electron chi connectivity index (χ3n) is 6.30. The maximum Gasteiger partial charge on any atom is 0.262 e. The molecule has 1 fully saturated rings. The van der Waals surface area contributed by atoms with Crippen molar-refractivity contribution in [2.24, 2.45) is 0 Å². The van der Waals surface area contributed by atoms with Crippen LogP contribution >= 0.6 is 0 Å². The van der Waals surface area contributed by atoms with Crippen LogP contribution < -0.4 is 18.9 Å². The molecular weight excluding hydrogens is 404 g/mol. The molecule has 0 unspecified atom stereocenters. The van der Waals surface area contributed by atoms with E-state index in [9.17, 15) is 8.42 Å². The van der Waals surface area contributed by atoms with Crippen molar-refractivity contribution in [3.05, 3.63) is 41.5 Å². The summed E-state index contributed by atoms with van der Waals surface area (Å²) >= 11 is 0. The van der Waals surface area contributed by atoms with E-state index < -0.39 is 10.0 Å². The van der Waals surface area contributed by atoms with Gasteiger partial charge in [0.05, 0.1) is 17.7 Å². The van der Waals surface area contributed by atoms with Gasteiger partial charge < -0.3 is 19.1 Å². The molecule has 160 valence electrons. The first-order valence-corrected chi connectivity index (χ1v) is 11.9. The van der Waals surface area contributed by atoms with Gasteiger partial charge in [-0.15, -0.1) is 0 Å².